The van der Waals surface area contributed by atoms with E-state index in [2.05, 4.69) is 47.3 Å². The van der Waals surface area contributed by atoms with Crippen LogP contribution in [0.2, 0.25) is 0 Å². The summed E-state index contributed by atoms with van der Waals surface area (Å²) >= 11 is 0. The van der Waals surface area contributed by atoms with Crippen molar-refractivity contribution < 1.29 is 15.0 Å². The topological polar surface area (TPSA) is 69.6 Å². The van der Waals surface area contributed by atoms with Gasteiger partial charge < -0.3 is 15.5 Å². The van der Waals surface area contributed by atoms with Crippen LogP contribution in [0.3, 0.4) is 0 Å². The van der Waals surface area contributed by atoms with E-state index in [-0.39, 0.29) is 17.1 Å². The second-order valence-corrected chi connectivity index (χ2v) is 7.25. The van der Waals surface area contributed by atoms with Crippen molar-refractivity contribution in [2.75, 3.05) is 5.32 Å². The van der Waals surface area contributed by atoms with Crippen LogP contribution in [0.25, 0.3) is 11.1 Å². The number of carbonyl (C=O) groups excluding carboxylic acids is 1. The zero-order valence-corrected chi connectivity index (χ0v) is 17.5. The Hall–Kier alpha value is -4.93. The van der Waals surface area contributed by atoms with Gasteiger partial charge in [0.25, 0.3) is 5.91 Å². The molecule has 2 aliphatic rings. The molecule has 33 heavy (non-hydrogen) atoms. The molecule has 0 saturated carbocycles. The first-order valence-electron chi connectivity index (χ1n) is 10.1. The molecule has 0 fully saturated rings. The number of benzene rings is 4. The molecule has 0 atom stereocenters. The molecule has 3 N–H and O–H groups in total. The van der Waals surface area contributed by atoms with Crippen LogP contribution < -0.4 is 5.32 Å². The summed E-state index contributed by atoms with van der Waals surface area (Å²) in [5.41, 5.74) is 5.66. The highest BCUT2D eigenvalue weighted by Crippen LogP contribution is 2.29. The summed E-state index contributed by atoms with van der Waals surface area (Å²) in [7, 11) is 0. The van der Waals surface area contributed by atoms with Gasteiger partial charge in [-0.25, -0.2) is 0 Å². The van der Waals surface area contributed by atoms with E-state index in [9.17, 15) is 15.0 Å². The number of nitrogens with one attached hydrogen (secondary N) is 1. The first-order chi connectivity index (χ1) is 16.0. The number of phenolic OH excluding ortho intramolecular Hbond substituents is 2. The van der Waals surface area contributed by atoms with E-state index in [1.54, 1.807) is 24.3 Å². The number of phenols is 2. The summed E-state index contributed by atoms with van der Waals surface area (Å²) in [6, 6.07) is 26.6. The van der Waals surface area contributed by atoms with Crippen LogP contribution in [-0.4, -0.2) is 16.1 Å². The fourth-order valence-electron chi connectivity index (χ4n) is 3.06. The zero-order valence-electron chi connectivity index (χ0n) is 17.5. The second kappa shape index (κ2) is 9.47. The molecule has 0 aromatic heterocycles. The molecule has 0 spiro atoms. The summed E-state index contributed by atoms with van der Waals surface area (Å²) in [5, 5.41) is 21.9. The van der Waals surface area contributed by atoms with Crippen molar-refractivity contribution in [1.29, 1.82) is 0 Å². The van der Waals surface area contributed by atoms with Crippen molar-refractivity contribution in [3.8, 4) is 46.8 Å². The monoisotopic (exact) mass is 429 g/mol. The van der Waals surface area contributed by atoms with Gasteiger partial charge in [-0.05, 0) is 65.7 Å². The molecular weight excluding hydrogens is 410 g/mol. The highest BCUT2D eigenvalue weighted by atomic mass is 16.3. The van der Waals surface area contributed by atoms with E-state index in [1.165, 1.54) is 29.3 Å². The van der Waals surface area contributed by atoms with Crippen LogP contribution >= 0.6 is 0 Å². The molecule has 4 nitrogen and oxygen atoms in total. The predicted octanol–water partition coefficient (Wildman–Crippen LogP) is 5.40. The second-order valence-electron chi connectivity index (χ2n) is 7.25. The van der Waals surface area contributed by atoms with E-state index >= 15 is 0 Å². The summed E-state index contributed by atoms with van der Waals surface area (Å²) in [6.45, 7) is 0. The summed E-state index contributed by atoms with van der Waals surface area (Å²) in [5.74, 6) is 7.84. The lowest BCUT2D eigenvalue weighted by Crippen LogP contribution is -2.11. The van der Waals surface area contributed by atoms with E-state index in [0.717, 1.165) is 16.7 Å². The maximum atomic E-state index is 12.2. The van der Waals surface area contributed by atoms with Crippen molar-refractivity contribution in [2.24, 2.45) is 0 Å². The standard InChI is InChI=1S/C23H15NO3.C6H4/c1-2-17-5-3-4-6-18(17)10-7-16-8-11-19(12-9-16)24-23(27)21-15-20(25)13-14-22(21)26;1-2-6-4-3-5(1)6/h1,3-6,8-9,11-15,25-26H,(H,24,27);1-4H. The first-order valence-corrected chi connectivity index (χ1v) is 10.1. The number of carbonyl (C=O) groups is 1. The Morgan fingerprint density at radius 3 is 1.97 bits per heavy atom. The molecule has 5 rings (SSSR count). The minimum atomic E-state index is -0.523. The number of anilines is 1. The number of fused-ring (bicyclic) bond motifs is 1. The molecule has 3 aromatic rings. The molecule has 4 heteroatoms. The number of terminal acetylenes is 1. The van der Waals surface area contributed by atoms with Crippen LogP contribution in [0.15, 0.2) is 91.0 Å². The number of rotatable bonds is 2. The van der Waals surface area contributed by atoms with Crippen LogP contribution in [0.5, 0.6) is 11.5 Å². The Kier molecular flexibility index (Phi) is 6.12. The SMILES string of the molecule is C#Cc1ccccc1C#Cc1ccc(NC(=O)c2cc(O)ccc2O)cc1.c1cc2ccc1-2. The van der Waals surface area contributed by atoms with Crippen LogP contribution in [0, 0.1) is 24.2 Å². The van der Waals surface area contributed by atoms with Gasteiger partial charge in [-0.15, -0.1) is 6.42 Å². The molecule has 0 bridgehead atoms. The normalized spacial score (nSPS) is 9.91. The number of hydrogen-bond acceptors (Lipinski definition) is 3. The van der Waals surface area contributed by atoms with Gasteiger partial charge in [0.05, 0.1) is 5.56 Å². The van der Waals surface area contributed by atoms with Gasteiger partial charge in [-0.2, -0.15) is 0 Å². The molecule has 0 aliphatic heterocycles. The lowest BCUT2D eigenvalue weighted by atomic mass is 9.95. The van der Waals surface area contributed by atoms with Crippen LogP contribution in [-0.2, 0) is 0 Å². The lowest BCUT2D eigenvalue weighted by Gasteiger charge is -2.10. The quantitative estimate of drug-likeness (QED) is 0.260. The van der Waals surface area contributed by atoms with Crippen molar-refractivity contribution in [1.82, 2.24) is 0 Å². The van der Waals surface area contributed by atoms with Gasteiger partial charge >= 0.3 is 0 Å². The first kappa shape index (κ1) is 21.3. The highest BCUT2D eigenvalue weighted by Gasteiger charge is 2.12. The fraction of sp³-hybridized carbons (Fsp3) is 0. The lowest BCUT2D eigenvalue weighted by molar-refractivity contribution is 0.102. The van der Waals surface area contributed by atoms with Crippen LogP contribution in [0.1, 0.15) is 27.0 Å². The Balaban J connectivity index is 0.000000367. The minimum Gasteiger partial charge on any atom is -0.508 e. The molecule has 0 heterocycles. The smallest absolute Gasteiger partial charge is 0.259 e. The molecule has 0 unspecified atom stereocenters. The molecule has 0 saturated heterocycles. The Labute approximate surface area is 192 Å². The average Bonchev–Trinajstić information content (AvgIpc) is 2.83. The Bertz CT molecular complexity index is 1400. The summed E-state index contributed by atoms with van der Waals surface area (Å²) < 4.78 is 0. The number of aromatic hydroxyl groups is 2. The van der Waals surface area contributed by atoms with Crippen molar-refractivity contribution in [2.45, 2.75) is 0 Å². The number of amides is 1. The van der Waals surface area contributed by atoms with Gasteiger partial charge in [-0.1, -0.05) is 54.2 Å². The fourth-order valence-corrected chi connectivity index (χ4v) is 3.06. The predicted molar refractivity (Wildman–Crippen MR) is 130 cm³/mol. The Morgan fingerprint density at radius 1 is 0.758 bits per heavy atom. The van der Waals surface area contributed by atoms with Crippen molar-refractivity contribution in [3.63, 3.8) is 0 Å². The third-order valence-electron chi connectivity index (χ3n) is 5.01. The maximum absolute atomic E-state index is 12.2. The zero-order chi connectivity index (χ0) is 23.2. The third kappa shape index (κ3) is 5.05. The maximum Gasteiger partial charge on any atom is 0.259 e. The van der Waals surface area contributed by atoms with Crippen molar-refractivity contribution >= 4 is 11.6 Å². The molecule has 0 radical (unpaired) electrons. The molecule has 158 valence electrons. The highest BCUT2D eigenvalue weighted by molar-refractivity contribution is 6.06. The van der Waals surface area contributed by atoms with Crippen LogP contribution in [0.4, 0.5) is 5.69 Å². The largest absolute Gasteiger partial charge is 0.508 e. The molecule has 3 aromatic carbocycles. The molecule has 2 aliphatic carbocycles. The van der Waals surface area contributed by atoms with E-state index < -0.39 is 5.91 Å². The Morgan fingerprint density at radius 2 is 1.39 bits per heavy atom. The van der Waals surface area contributed by atoms with E-state index in [4.69, 9.17) is 6.42 Å². The van der Waals surface area contributed by atoms with Gasteiger partial charge in [-0.3, -0.25) is 4.79 Å². The van der Waals surface area contributed by atoms with Gasteiger partial charge in [0.15, 0.2) is 0 Å². The summed E-state index contributed by atoms with van der Waals surface area (Å²) in [4.78, 5) is 12.2. The van der Waals surface area contributed by atoms with E-state index in [0.29, 0.717) is 5.69 Å². The number of hydrogen-bond donors (Lipinski definition) is 3. The van der Waals surface area contributed by atoms with E-state index in [1.807, 2.05) is 24.3 Å². The minimum absolute atomic E-state index is 0.00948. The molecular formula is C29H19NO3. The molecule has 1 amide bonds. The summed E-state index contributed by atoms with van der Waals surface area (Å²) in [6.07, 6.45) is 5.46. The van der Waals surface area contributed by atoms with Gasteiger partial charge in [0.2, 0.25) is 0 Å². The average molecular weight is 429 g/mol. The van der Waals surface area contributed by atoms with Gasteiger partial charge in [0.1, 0.15) is 11.5 Å². The van der Waals surface area contributed by atoms with Gasteiger partial charge in [0, 0.05) is 22.4 Å². The third-order valence-corrected chi connectivity index (χ3v) is 5.01. The van der Waals surface area contributed by atoms with Crippen molar-refractivity contribution in [3.05, 3.63) is 113 Å².